The first kappa shape index (κ1) is 17.9. The lowest BCUT2D eigenvalue weighted by atomic mass is 9.96. The van der Waals surface area contributed by atoms with E-state index in [9.17, 15) is 9.59 Å². The van der Waals surface area contributed by atoms with E-state index in [0.717, 1.165) is 60.9 Å². The maximum atomic E-state index is 11.9. The molecule has 3 aromatic heterocycles. The predicted molar refractivity (Wildman–Crippen MR) is 109 cm³/mol. The van der Waals surface area contributed by atoms with Crippen LogP contribution in [0.3, 0.4) is 0 Å². The second-order valence-electron chi connectivity index (χ2n) is 7.83. The fourth-order valence-corrected chi connectivity index (χ4v) is 4.26. The second-order valence-corrected chi connectivity index (χ2v) is 7.83. The number of rotatable bonds is 3. The standard InChI is InChI=1S/C19H24N8O2/c1-24-17(28)12-16(20-19(24)29)26-10-6-13(7-11-26)18-22-21-14-4-5-15(23-27(14)18)25-8-2-3-9-25/h4-5,12-13H,2-3,6-11H2,1H3,(H,20,29). The molecule has 0 unspecified atom stereocenters. The van der Waals surface area contributed by atoms with E-state index in [1.54, 1.807) is 0 Å². The Hall–Kier alpha value is -3.17. The molecular formula is C19H24N8O2. The zero-order chi connectivity index (χ0) is 20.0. The number of nitrogens with zero attached hydrogens (tertiary/aromatic N) is 7. The Morgan fingerprint density at radius 1 is 1.00 bits per heavy atom. The summed E-state index contributed by atoms with van der Waals surface area (Å²) in [6.07, 6.45) is 4.12. The Morgan fingerprint density at radius 2 is 1.76 bits per heavy atom. The normalized spacial score (nSPS) is 18.1. The van der Waals surface area contributed by atoms with Gasteiger partial charge >= 0.3 is 5.69 Å². The Balaban J connectivity index is 1.36. The van der Waals surface area contributed by atoms with Crippen LogP contribution in [0.1, 0.15) is 37.4 Å². The number of fused-ring (bicyclic) bond motifs is 1. The van der Waals surface area contributed by atoms with Crippen molar-refractivity contribution in [2.75, 3.05) is 36.0 Å². The van der Waals surface area contributed by atoms with Gasteiger partial charge in [-0.05, 0) is 37.8 Å². The van der Waals surface area contributed by atoms with Crippen LogP contribution in [-0.4, -0.2) is 55.5 Å². The minimum atomic E-state index is -0.392. The zero-order valence-electron chi connectivity index (χ0n) is 16.4. The predicted octanol–water partition coefficient (Wildman–Crippen LogP) is 0.496. The van der Waals surface area contributed by atoms with E-state index >= 15 is 0 Å². The maximum absolute atomic E-state index is 11.9. The second kappa shape index (κ2) is 7.02. The molecule has 2 aliphatic rings. The van der Waals surface area contributed by atoms with Crippen molar-refractivity contribution in [2.45, 2.75) is 31.6 Å². The molecule has 5 heterocycles. The Labute approximate surface area is 166 Å². The van der Waals surface area contributed by atoms with Gasteiger partial charge in [0, 0.05) is 45.2 Å². The van der Waals surface area contributed by atoms with Crippen molar-refractivity contribution in [3.05, 3.63) is 44.9 Å². The fraction of sp³-hybridized carbons (Fsp3) is 0.526. The van der Waals surface area contributed by atoms with Crippen molar-refractivity contribution in [1.82, 2.24) is 29.4 Å². The van der Waals surface area contributed by atoms with Crippen molar-refractivity contribution in [2.24, 2.45) is 7.05 Å². The maximum Gasteiger partial charge on any atom is 0.329 e. The van der Waals surface area contributed by atoms with Crippen molar-refractivity contribution in [3.8, 4) is 0 Å². The third kappa shape index (κ3) is 3.18. The number of piperidine rings is 1. The van der Waals surface area contributed by atoms with Crippen LogP contribution in [0.5, 0.6) is 0 Å². The molecule has 3 aromatic rings. The van der Waals surface area contributed by atoms with E-state index in [1.807, 2.05) is 21.5 Å². The third-order valence-electron chi connectivity index (χ3n) is 6.03. The number of nitrogens with one attached hydrogen (secondary N) is 1. The quantitative estimate of drug-likeness (QED) is 0.687. The highest BCUT2D eigenvalue weighted by Gasteiger charge is 2.26. The fourth-order valence-electron chi connectivity index (χ4n) is 4.26. The highest BCUT2D eigenvalue weighted by molar-refractivity contribution is 5.46. The number of H-pyrrole nitrogens is 1. The number of aromatic nitrogens is 6. The van der Waals surface area contributed by atoms with Crippen LogP contribution in [0.15, 0.2) is 27.8 Å². The molecule has 2 saturated heterocycles. The molecule has 0 aliphatic carbocycles. The van der Waals surface area contributed by atoms with Gasteiger partial charge in [0.2, 0.25) is 0 Å². The molecule has 0 amide bonds. The molecule has 0 spiro atoms. The van der Waals surface area contributed by atoms with Gasteiger partial charge in [-0.2, -0.15) is 4.52 Å². The lowest BCUT2D eigenvalue weighted by molar-refractivity contribution is 0.474. The summed E-state index contributed by atoms with van der Waals surface area (Å²) in [5.74, 6) is 2.68. The number of hydrogen-bond acceptors (Lipinski definition) is 7. The van der Waals surface area contributed by atoms with Crippen LogP contribution >= 0.6 is 0 Å². The molecule has 0 saturated carbocycles. The molecule has 0 radical (unpaired) electrons. The Morgan fingerprint density at radius 3 is 2.48 bits per heavy atom. The molecule has 0 bridgehead atoms. The first-order chi connectivity index (χ1) is 14.1. The van der Waals surface area contributed by atoms with Gasteiger partial charge in [-0.25, -0.2) is 4.79 Å². The molecule has 0 atom stereocenters. The van der Waals surface area contributed by atoms with Crippen LogP contribution in [0.2, 0.25) is 0 Å². The average molecular weight is 396 g/mol. The molecular weight excluding hydrogens is 372 g/mol. The number of anilines is 2. The molecule has 2 aliphatic heterocycles. The summed E-state index contributed by atoms with van der Waals surface area (Å²) in [4.78, 5) is 31.0. The summed E-state index contributed by atoms with van der Waals surface area (Å²) >= 11 is 0. The van der Waals surface area contributed by atoms with Crippen LogP contribution < -0.4 is 21.0 Å². The molecule has 29 heavy (non-hydrogen) atoms. The first-order valence-corrected chi connectivity index (χ1v) is 10.1. The topological polar surface area (TPSA) is 104 Å². The van der Waals surface area contributed by atoms with Crippen LogP contribution in [0.25, 0.3) is 5.65 Å². The molecule has 5 rings (SSSR count). The summed E-state index contributed by atoms with van der Waals surface area (Å²) in [6.45, 7) is 3.55. The summed E-state index contributed by atoms with van der Waals surface area (Å²) in [6, 6.07) is 5.49. The average Bonchev–Trinajstić information content (AvgIpc) is 3.41. The Bertz CT molecular complexity index is 1120. The van der Waals surface area contributed by atoms with Crippen molar-refractivity contribution >= 4 is 17.3 Å². The first-order valence-electron chi connectivity index (χ1n) is 10.1. The minimum absolute atomic E-state index is 0.237. The van der Waals surface area contributed by atoms with Crippen molar-refractivity contribution < 1.29 is 0 Å². The van der Waals surface area contributed by atoms with Crippen LogP contribution in [-0.2, 0) is 7.05 Å². The van der Waals surface area contributed by atoms with Gasteiger partial charge in [-0.3, -0.25) is 14.3 Å². The van der Waals surface area contributed by atoms with E-state index in [-0.39, 0.29) is 11.5 Å². The van der Waals surface area contributed by atoms with Crippen LogP contribution in [0.4, 0.5) is 11.6 Å². The number of aromatic amines is 1. The molecule has 1 N–H and O–H groups in total. The summed E-state index contributed by atoms with van der Waals surface area (Å²) in [7, 11) is 1.47. The highest BCUT2D eigenvalue weighted by Crippen LogP contribution is 2.29. The van der Waals surface area contributed by atoms with Gasteiger partial charge < -0.3 is 9.80 Å². The lowest BCUT2D eigenvalue weighted by Gasteiger charge is -2.32. The van der Waals surface area contributed by atoms with E-state index in [4.69, 9.17) is 5.10 Å². The van der Waals surface area contributed by atoms with Crippen molar-refractivity contribution in [1.29, 1.82) is 0 Å². The van der Waals surface area contributed by atoms with Crippen LogP contribution in [0, 0.1) is 0 Å². The third-order valence-corrected chi connectivity index (χ3v) is 6.03. The molecule has 0 aromatic carbocycles. The summed E-state index contributed by atoms with van der Waals surface area (Å²) in [5.41, 5.74) is 0.0749. The Kier molecular flexibility index (Phi) is 4.33. The summed E-state index contributed by atoms with van der Waals surface area (Å²) in [5, 5.41) is 13.5. The largest absolute Gasteiger partial charge is 0.358 e. The lowest BCUT2D eigenvalue weighted by Crippen LogP contribution is -2.39. The van der Waals surface area contributed by atoms with Gasteiger partial charge in [-0.15, -0.1) is 15.3 Å². The smallest absolute Gasteiger partial charge is 0.329 e. The van der Waals surface area contributed by atoms with Gasteiger partial charge in [-0.1, -0.05) is 0 Å². The van der Waals surface area contributed by atoms with E-state index < -0.39 is 5.69 Å². The number of hydrogen-bond donors (Lipinski definition) is 1. The monoisotopic (exact) mass is 396 g/mol. The van der Waals surface area contributed by atoms with E-state index in [2.05, 4.69) is 20.1 Å². The minimum Gasteiger partial charge on any atom is -0.358 e. The highest BCUT2D eigenvalue weighted by atomic mass is 16.2. The SMILES string of the molecule is Cn1c(=O)cc(N2CCC(c3nnc4ccc(N5CCCC5)nn34)CC2)[nH]c1=O. The molecule has 2 fully saturated rings. The summed E-state index contributed by atoms with van der Waals surface area (Å²) < 4.78 is 2.95. The zero-order valence-corrected chi connectivity index (χ0v) is 16.4. The van der Waals surface area contributed by atoms with E-state index in [0.29, 0.717) is 5.82 Å². The molecule has 152 valence electrons. The van der Waals surface area contributed by atoms with Crippen molar-refractivity contribution in [3.63, 3.8) is 0 Å². The van der Waals surface area contributed by atoms with Gasteiger partial charge in [0.15, 0.2) is 11.5 Å². The van der Waals surface area contributed by atoms with Gasteiger partial charge in [0.25, 0.3) is 5.56 Å². The molecule has 10 heteroatoms. The van der Waals surface area contributed by atoms with Gasteiger partial charge in [0.1, 0.15) is 11.6 Å². The van der Waals surface area contributed by atoms with Gasteiger partial charge in [0.05, 0.1) is 0 Å². The molecule has 10 nitrogen and oxygen atoms in total. The van der Waals surface area contributed by atoms with E-state index in [1.165, 1.54) is 26.0 Å².